The van der Waals surface area contributed by atoms with Gasteiger partial charge in [0.05, 0.1) is 12.0 Å². The van der Waals surface area contributed by atoms with E-state index in [1.54, 1.807) is 12.1 Å². The first kappa shape index (κ1) is 31.5. The van der Waals surface area contributed by atoms with Crippen LogP contribution in [0.2, 0.25) is 0 Å². The molecular formula is C24H25F8NO4S. The highest BCUT2D eigenvalue weighted by molar-refractivity contribution is 7.89. The number of sulfonamides is 1. The zero-order valence-electron chi connectivity index (χ0n) is 20.0. The Kier molecular flexibility index (Phi) is 10.3. The molecule has 5 nitrogen and oxygen atoms in total. The van der Waals surface area contributed by atoms with Gasteiger partial charge in [-0.25, -0.2) is 21.9 Å². The number of nitrogens with one attached hydrogen (secondary N) is 1. The second-order valence-electron chi connectivity index (χ2n) is 8.49. The molecule has 0 amide bonds. The standard InChI is InChI=1S/C24H25F8NO4S/c1-37-21(34)6-2-4-16-7-9-17(10-8-16)20(33-38(35,36)19-13-11-18(25)12-14-19)5-3-15-22(26,23(27,28)29)24(30,31)32/h7-14,20,33H,2-6,15H2,1H3. The maximum atomic E-state index is 14.1. The smallest absolute Gasteiger partial charge is 0.431 e. The van der Waals surface area contributed by atoms with Gasteiger partial charge in [0.25, 0.3) is 5.67 Å². The molecule has 14 heteroatoms. The number of ether oxygens (including phenoxy) is 1. The minimum absolute atomic E-state index is 0.141. The van der Waals surface area contributed by atoms with Gasteiger partial charge in [0, 0.05) is 12.5 Å². The maximum Gasteiger partial charge on any atom is 0.431 e. The molecule has 0 aliphatic heterocycles. The van der Waals surface area contributed by atoms with Crippen LogP contribution in [0.3, 0.4) is 0 Å². The van der Waals surface area contributed by atoms with Gasteiger partial charge in [-0.15, -0.1) is 0 Å². The van der Waals surface area contributed by atoms with Gasteiger partial charge >= 0.3 is 18.3 Å². The van der Waals surface area contributed by atoms with Crippen LogP contribution in [0, 0.1) is 5.82 Å². The molecule has 0 saturated heterocycles. The molecule has 0 heterocycles. The average Bonchev–Trinajstić information content (AvgIpc) is 2.82. The Hall–Kier alpha value is -2.74. The number of rotatable bonds is 12. The highest BCUT2D eigenvalue weighted by Crippen LogP contribution is 2.49. The van der Waals surface area contributed by atoms with Crippen LogP contribution in [-0.4, -0.2) is 39.5 Å². The van der Waals surface area contributed by atoms with E-state index in [9.17, 15) is 48.3 Å². The van der Waals surface area contributed by atoms with Crippen molar-refractivity contribution in [3.05, 3.63) is 65.5 Å². The zero-order chi connectivity index (χ0) is 28.8. The van der Waals surface area contributed by atoms with Crippen molar-refractivity contribution in [2.24, 2.45) is 0 Å². The Morgan fingerprint density at radius 3 is 1.95 bits per heavy atom. The average molecular weight is 576 g/mol. The van der Waals surface area contributed by atoms with Crippen molar-refractivity contribution in [1.29, 1.82) is 0 Å². The van der Waals surface area contributed by atoms with Crippen molar-refractivity contribution in [1.82, 2.24) is 4.72 Å². The number of methoxy groups -OCH3 is 1. The number of carbonyl (C=O) groups excluding carboxylic acids is 1. The fourth-order valence-electron chi connectivity index (χ4n) is 3.61. The summed E-state index contributed by atoms with van der Waals surface area (Å²) in [5.41, 5.74) is -4.56. The summed E-state index contributed by atoms with van der Waals surface area (Å²) < 4.78 is 137. The first-order chi connectivity index (χ1) is 17.5. The molecule has 212 valence electrons. The molecule has 1 atom stereocenters. The predicted molar refractivity (Wildman–Crippen MR) is 121 cm³/mol. The Morgan fingerprint density at radius 1 is 0.895 bits per heavy atom. The Bertz CT molecular complexity index is 1150. The van der Waals surface area contributed by atoms with Crippen LogP contribution in [0.15, 0.2) is 53.4 Å². The summed E-state index contributed by atoms with van der Waals surface area (Å²) in [6, 6.07) is 8.18. The molecule has 2 aromatic carbocycles. The van der Waals surface area contributed by atoms with E-state index in [0.717, 1.165) is 29.8 Å². The summed E-state index contributed by atoms with van der Waals surface area (Å²) in [4.78, 5) is 10.8. The zero-order valence-corrected chi connectivity index (χ0v) is 20.8. The van der Waals surface area contributed by atoms with Gasteiger partial charge < -0.3 is 4.74 Å². The van der Waals surface area contributed by atoms with E-state index >= 15 is 0 Å². The van der Waals surface area contributed by atoms with E-state index < -0.39 is 70.0 Å². The van der Waals surface area contributed by atoms with Crippen molar-refractivity contribution in [2.75, 3.05) is 7.11 Å². The maximum absolute atomic E-state index is 14.1. The van der Waals surface area contributed by atoms with Gasteiger partial charge in [0.2, 0.25) is 10.0 Å². The minimum Gasteiger partial charge on any atom is -0.469 e. The second kappa shape index (κ2) is 12.4. The number of aryl methyl sites for hydroxylation is 1. The summed E-state index contributed by atoms with van der Waals surface area (Å²) in [5, 5.41) is 0. The largest absolute Gasteiger partial charge is 0.469 e. The van der Waals surface area contributed by atoms with Crippen LogP contribution in [-0.2, 0) is 26.0 Å². The molecule has 0 aliphatic rings. The van der Waals surface area contributed by atoms with E-state index in [0.29, 0.717) is 12.8 Å². The molecule has 0 aromatic heterocycles. The van der Waals surface area contributed by atoms with Crippen molar-refractivity contribution >= 4 is 16.0 Å². The first-order valence-corrected chi connectivity index (χ1v) is 12.7. The normalized spacial score (nSPS) is 13.8. The van der Waals surface area contributed by atoms with Crippen LogP contribution < -0.4 is 4.72 Å². The van der Waals surface area contributed by atoms with Gasteiger partial charge in [-0.3, -0.25) is 4.79 Å². The molecular weight excluding hydrogens is 550 g/mol. The van der Waals surface area contributed by atoms with Gasteiger partial charge in [0.1, 0.15) is 5.82 Å². The van der Waals surface area contributed by atoms with Crippen molar-refractivity contribution in [3.63, 3.8) is 0 Å². The highest BCUT2D eigenvalue weighted by Gasteiger charge is 2.71. The minimum atomic E-state index is -6.22. The molecule has 0 spiro atoms. The third-order valence-corrected chi connectivity index (χ3v) is 7.28. The fraction of sp³-hybridized carbons (Fsp3) is 0.458. The number of carbonyl (C=O) groups is 1. The SMILES string of the molecule is COC(=O)CCCc1ccc(C(CCCC(F)(C(F)(F)F)C(F)(F)F)NS(=O)(=O)c2ccc(F)cc2)cc1. The topological polar surface area (TPSA) is 72.5 Å². The lowest BCUT2D eigenvalue weighted by atomic mass is 9.93. The molecule has 2 aromatic rings. The molecule has 0 saturated carbocycles. The van der Waals surface area contributed by atoms with Crippen LogP contribution in [0.5, 0.6) is 0 Å². The van der Waals surface area contributed by atoms with E-state index in [1.807, 2.05) is 0 Å². The van der Waals surface area contributed by atoms with Crippen LogP contribution in [0.4, 0.5) is 35.1 Å². The number of esters is 1. The first-order valence-electron chi connectivity index (χ1n) is 11.3. The third kappa shape index (κ3) is 8.13. The Balaban J connectivity index is 2.27. The van der Waals surface area contributed by atoms with Crippen molar-refractivity contribution < 1.29 is 53.1 Å². The van der Waals surface area contributed by atoms with E-state index in [-0.39, 0.29) is 12.0 Å². The molecule has 1 unspecified atom stereocenters. The molecule has 0 bridgehead atoms. The summed E-state index contributed by atoms with van der Waals surface area (Å²) in [5.74, 6) is -1.15. The monoisotopic (exact) mass is 575 g/mol. The Morgan fingerprint density at radius 2 is 1.45 bits per heavy atom. The van der Waals surface area contributed by atoms with Crippen LogP contribution in [0.25, 0.3) is 0 Å². The quantitative estimate of drug-likeness (QED) is 0.237. The Labute approximate surface area is 214 Å². The van der Waals surface area contributed by atoms with Gasteiger partial charge in [-0.1, -0.05) is 24.3 Å². The van der Waals surface area contributed by atoms with Gasteiger partial charge in [-0.05, 0) is 67.5 Å². The van der Waals surface area contributed by atoms with Gasteiger partial charge in [0.15, 0.2) is 0 Å². The molecule has 0 aliphatic carbocycles. The van der Waals surface area contributed by atoms with Crippen LogP contribution in [0.1, 0.15) is 49.3 Å². The lowest BCUT2D eigenvalue weighted by molar-refractivity contribution is -0.343. The molecule has 0 fully saturated rings. The van der Waals surface area contributed by atoms with Crippen molar-refractivity contribution in [3.8, 4) is 0 Å². The lowest BCUT2D eigenvalue weighted by Gasteiger charge is -2.30. The molecule has 0 radical (unpaired) electrons. The fourth-order valence-corrected chi connectivity index (χ4v) is 4.87. The van der Waals surface area contributed by atoms with E-state index in [2.05, 4.69) is 9.46 Å². The number of hydrogen-bond acceptors (Lipinski definition) is 4. The molecule has 2 rings (SSSR count). The molecule has 1 N–H and O–H groups in total. The third-order valence-electron chi connectivity index (χ3n) is 5.79. The molecule has 38 heavy (non-hydrogen) atoms. The summed E-state index contributed by atoms with van der Waals surface area (Å²) in [7, 11) is -3.15. The predicted octanol–water partition coefficient (Wildman–Crippen LogP) is 6.34. The summed E-state index contributed by atoms with van der Waals surface area (Å²) in [6.07, 6.45) is -15.0. The van der Waals surface area contributed by atoms with Gasteiger partial charge in [-0.2, -0.15) is 26.3 Å². The number of halogens is 8. The number of hydrogen-bond donors (Lipinski definition) is 1. The lowest BCUT2D eigenvalue weighted by Crippen LogP contribution is -2.53. The second-order valence-corrected chi connectivity index (χ2v) is 10.2. The number of alkyl halides is 7. The number of benzene rings is 2. The summed E-state index contributed by atoms with van der Waals surface area (Å²) >= 11 is 0. The van der Waals surface area contributed by atoms with Crippen molar-refractivity contribution in [2.45, 2.75) is 67.5 Å². The van der Waals surface area contributed by atoms with E-state index in [4.69, 9.17) is 0 Å². The highest BCUT2D eigenvalue weighted by atomic mass is 32.2. The van der Waals surface area contributed by atoms with Crippen LogP contribution >= 0.6 is 0 Å². The van der Waals surface area contributed by atoms with E-state index in [1.165, 1.54) is 19.2 Å². The summed E-state index contributed by atoms with van der Waals surface area (Å²) in [6.45, 7) is 0.